The molecule has 0 fully saturated rings. The smallest absolute Gasteiger partial charge is 0.469 e. The normalized spacial score (nSPS) is 11.5. The predicted molar refractivity (Wildman–Crippen MR) is 84.6 cm³/mol. The fourth-order valence-electron chi connectivity index (χ4n) is 1.52. The molecule has 1 atom stereocenters. The molecule has 0 aromatic carbocycles. The highest BCUT2D eigenvalue weighted by Gasteiger charge is 2.33. The minimum absolute atomic E-state index is 0.315. The molecule has 1 unspecified atom stereocenters. The maximum absolute atomic E-state index is 11.8. The average Bonchev–Trinajstić information content (AvgIpc) is 2.66. The van der Waals surface area contributed by atoms with Gasteiger partial charge in [0.15, 0.2) is 0 Å². The molecule has 0 saturated heterocycles. The van der Waals surface area contributed by atoms with Gasteiger partial charge in [0.05, 0.1) is 18.7 Å². The van der Waals surface area contributed by atoms with E-state index < -0.39 is 43.2 Å². The van der Waals surface area contributed by atoms with Crippen molar-refractivity contribution in [2.45, 2.75) is 20.1 Å². The molecule has 0 spiro atoms. The second-order valence-electron chi connectivity index (χ2n) is 5.48. The minimum atomic E-state index is -2.06. The summed E-state index contributed by atoms with van der Waals surface area (Å²) in [5.74, 6) is -1.56. The van der Waals surface area contributed by atoms with Crippen molar-refractivity contribution < 1.29 is 47.6 Å². The largest absolute Gasteiger partial charge is 0.511 e. The number of aromatic nitrogens is 1. The van der Waals surface area contributed by atoms with E-state index in [1.807, 2.05) is 0 Å². The maximum Gasteiger partial charge on any atom is 0.511 e. The second kappa shape index (κ2) is 10.6. The summed E-state index contributed by atoms with van der Waals surface area (Å²) < 4.78 is 27.7. The van der Waals surface area contributed by atoms with Gasteiger partial charge in [-0.2, -0.15) is 0 Å². The van der Waals surface area contributed by atoms with E-state index in [-0.39, 0.29) is 0 Å². The van der Waals surface area contributed by atoms with Crippen molar-refractivity contribution in [1.82, 2.24) is 4.98 Å². The molecule has 27 heavy (non-hydrogen) atoms. The third kappa shape index (κ3) is 7.59. The van der Waals surface area contributed by atoms with Gasteiger partial charge in [-0.3, -0.25) is 9.78 Å². The van der Waals surface area contributed by atoms with Gasteiger partial charge in [-0.15, -0.1) is 0 Å². The van der Waals surface area contributed by atoms with Crippen LogP contribution in [0.3, 0.4) is 0 Å². The molecule has 1 aromatic heterocycles. The van der Waals surface area contributed by atoms with Crippen LogP contribution in [0.4, 0.5) is 4.79 Å². The summed E-state index contributed by atoms with van der Waals surface area (Å²) in [4.78, 5) is 49.0. The van der Waals surface area contributed by atoms with Gasteiger partial charge in [0.25, 0.3) is 0 Å². The zero-order valence-electron chi connectivity index (χ0n) is 14.8. The summed E-state index contributed by atoms with van der Waals surface area (Å²) in [5.41, 5.74) is -1.15. The number of esters is 2. The Morgan fingerprint density at radius 2 is 2.00 bits per heavy atom. The highest BCUT2D eigenvalue weighted by molar-refractivity contribution is 5.78. The Labute approximate surface area is 154 Å². The molecule has 0 N–H and O–H groups in total. The van der Waals surface area contributed by atoms with E-state index in [1.54, 1.807) is 12.1 Å². The highest BCUT2D eigenvalue weighted by Crippen LogP contribution is 2.18. The molecule has 0 aliphatic heterocycles. The van der Waals surface area contributed by atoms with Crippen LogP contribution in [-0.2, 0) is 38.1 Å². The number of ether oxygens (including phenoxy) is 6. The van der Waals surface area contributed by atoms with E-state index in [9.17, 15) is 19.2 Å². The Balaban J connectivity index is 2.48. The van der Waals surface area contributed by atoms with Gasteiger partial charge >= 0.3 is 30.9 Å². The summed E-state index contributed by atoms with van der Waals surface area (Å²) in [6.07, 6.45) is -0.548. The van der Waals surface area contributed by atoms with Crippen molar-refractivity contribution in [2.75, 3.05) is 20.5 Å². The van der Waals surface area contributed by atoms with Crippen LogP contribution in [-0.4, -0.2) is 56.3 Å². The number of carbonyl (C=O) groups excluding carboxylic acids is 4. The van der Waals surface area contributed by atoms with E-state index in [2.05, 4.69) is 23.9 Å². The Morgan fingerprint density at radius 3 is 2.59 bits per heavy atom. The summed E-state index contributed by atoms with van der Waals surface area (Å²) in [7, 11) is 1.18. The number of pyridine rings is 1. The molecule has 147 valence electrons. The molecule has 1 rings (SSSR count). The first kappa shape index (κ1) is 21.7. The van der Waals surface area contributed by atoms with Crippen molar-refractivity contribution in [3.05, 3.63) is 24.5 Å². The van der Waals surface area contributed by atoms with Crippen LogP contribution in [0, 0.1) is 5.41 Å². The number of rotatable bonds is 10. The average molecular weight is 384 g/mol. The topological polar surface area (TPSA) is 137 Å². The van der Waals surface area contributed by atoms with Crippen LogP contribution < -0.4 is 4.74 Å². The third-order valence-electron chi connectivity index (χ3n) is 2.90. The first-order valence-electron chi connectivity index (χ1n) is 7.44. The molecule has 0 saturated carbocycles. The lowest BCUT2D eigenvalue weighted by Gasteiger charge is -2.21. The fourth-order valence-corrected chi connectivity index (χ4v) is 1.52. The molecule has 0 amide bonds. The monoisotopic (exact) mass is 384 g/mol. The Morgan fingerprint density at radius 1 is 1.26 bits per heavy atom. The Bertz CT molecular complexity index is 646. The van der Waals surface area contributed by atoms with Crippen LogP contribution >= 0.6 is 0 Å². The quantitative estimate of drug-likeness (QED) is 0.320. The minimum Gasteiger partial charge on any atom is -0.469 e. The van der Waals surface area contributed by atoms with Gasteiger partial charge in [-0.05, 0) is 26.0 Å². The summed E-state index contributed by atoms with van der Waals surface area (Å²) in [6.45, 7) is 2.91. The third-order valence-corrected chi connectivity index (χ3v) is 2.90. The second-order valence-corrected chi connectivity index (χ2v) is 5.48. The SMILES string of the molecule is COC(=O)C(C)(C)COC(=O)OC(O[C]=O)C(=O)OCOc1cccnc1. The highest BCUT2D eigenvalue weighted by atomic mass is 16.8. The number of methoxy groups -OCH3 is 1. The number of hydrogen-bond donors (Lipinski definition) is 0. The number of hydrogen-bond acceptors (Lipinski definition) is 11. The van der Waals surface area contributed by atoms with Crippen LogP contribution in [0.15, 0.2) is 24.5 Å². The molecule has 1 aromatic rings. The molecule has 1 radical (unpaired) electrons. The van der Waals surface area contributed by atoms with Crippen LogP contribution in [0.2, 0.25) is 0 Å². The van der Waals surface area contributed by atoms with E-state index >= 15 is 0 Å². The molecule has 11 nitrogen and oxygen atoms in total. The van der Waals surface area contributed by atoms with Gasteiger partial charge in [-0.1, -0.05) is 0 Å². The maximum atomic E-state index is 11.8. The van der Waals surface area contributed by atoms with Crippen LogP contribution in [0.5, 0.6) is 5.75 Å². The van der Waals surface area contributed by atoms with Crippen molar-refractivity contribution in [3.8, 4) is 5.75 Å². The van der Waals surface area contributed by atoms with Gasteiger partial charge in [0, 0.05) is 6.20 Å². The lowest BCUT2D eigenvalue weighted by atomic mass is 9.95. The van der Waals surface area contributed by atoms with Gasteiger partial charge in [0.2, 0.25) is 6.79 Å². The molecule has 1 heterocycles. The van der Waals surface area contributed by atoms with Gasteiger partial charge in [0.1, 0.15) is 12.4 Å². The Kier molecular flexibility index (Phi) is 8.49. The predicted octanol–water partition coefficient (Wildman–Crippen LogP) is 0.723. The van der Waals surface area contributed by atoms with Crippen molar-refractivity contribution in [2.24, 2.45) is 5.41 Å². The van der Waals surface area contributed by atoms with E-state index in [0.717, 1.165) is 6.47 Å². The van der Waals surface area contributed by atoms with E-state index in [4.69, 9.17) is 9.47 Å². The summed E-state index contributed by atoms with van der Waals surface area (Å²) in [5, 5.41) is 0. The van der Waals surface area contributed by atoms with E-state index in [1.165, 1.54) is 33.4 Å². The summed E-state index contributed by atoms with van der Waals surface area (Å²) in [6, 6.07) is 3.16. The molecular weight excluding hydrogens is 366 g/mol. The fraction of sp³-hybridized carbons (Fsp3) is 0.438. The van der Waals surface area contributed by atoms with Crippen molar-refractivity contribution >= 4 is 24.6 Å². The standard InChI is InChI=1S/C16H18NO10/c1-16(2,14(20)22-3)8-23-15(21)27-13(24-9-18)12(19)26-10-25-11-5-4-6-17-7-11/h4-7,13H,8,10H2,1-3H3. The molecule has 0 bridgehead atoms. The number of nitrogens with zero attached hydrogens (tertiary/aromatic N) is 1. The van der Waals surface area contributed by atoms with Gasteiger partial charge in [-0.25, -0.2) is 14.4 Å². The van der Waals surface area contributed by atoms with Crippen molar-refractivity contribution in [1.29, 1.82) is 0 Å². The Hall–Kier alpha value is -3.37. The lowest BCUT2D eigenvalue weighted by Crippen LogP contribution is -2.35. The van der Waals surface area contributed by atoms with E-state index in [0.29, 0.717) is 5.75 Å². The van der Waals surface area contributed by atoms with Crippen LogP contribution in [0.25, 0.3) is 0 Å². The zero-order valence-corrected chi connectivity index (χ0v) is 14.8. The first-order valence-corrected chi connectivity index (χ1v) is 7.44. The lowest BCUT2D eigenvalue weighted by molar-refractivity contribution is -0.181. The summed E-state index contributed by atoms with van der Waals surface area (Å²) >= 11 is 0. The molecule has 11 heteroatoms. The molecule has 0 aliphatic rings. The molecule has 0 aliphatic carbocycles. The zero-order chi connectivity index (χ0) is 20.3. The van der Waals surface area contributed by atoms with Gasteiger partial charge < -0.3 is 28.4 Å². The number of carbonyl (C=O) groups is 3. The first-order chi connectivity index (χ1) is 12.8. The van der Waals surface area contributed by atoms with Crippen LogP contribution in [0.1, 0.15) is 13.8 Å². The van der Waals surface area contributed by atoms with Crippen molar-refractivity contribution in [3.63, 3.8) is 0 Å². The molecular formula is C16H18NO10.